The molecule has 0 saturated carbocycles. The van der Waals surface area contributed by atoms with E-state index in [4.69, 9.17) is 21.1 Å². The first-order valence-corrected chi connectivity index (χ1v) is 10.7. The summed E-state index contributed by atoms with van der Waals surface area (Å²) in [5.74, 6) is -1.32. The van der Waals surface area contributed by atoms with E-state index in [1.165, 1.54) is 19.1 Å². The molecule has 1 aliphatic rings. The number of aliphatic hydroxyl groups excluding tert-OH is 1. The number of rotatable bonds is 6. The summed E-state index contributed by atoms with van der Waals surface area (Å²) in [5, 5.41) is 11.4. The molecular formula is C25H28ClNO5. The Morgan fingerprint density at radius 3 is 2.31 bits per heavy atom. The standard InChI is InChI=1S/C25H28ClNO5/c1-25(2,3)16-8-6-15(7-9-16)21-20(23(29)24(30)27(21)12-13-31-4)22(28)18-14-17(32-5)10-11-19(18)26/h6-11,14,21,28H,12-13H2,1-5H3/b22-20+. The second-order valence-electron chi connectivity index (χ2n) is 8.70. The van der Waals surface area contributed by atoms with E-state index in [1.807, 2.05) is 24.3 Å². The minimum Gasteiger partial charge on any atom is -0.507 e. The predicted octanol–water partition coefficient (Wildman–Crippen LogP) is 4.71. The fraction of sp³-hybridized carbons (Fsp3) is 0.360. The minimum atomic E-state index is -0.763. The van der Waals surface area contributed by atoms with Gasteiger partial charge in [0.15, 0.2) is 0 Å². The fourth-order valence-electron chi connectivity index (χ4n) is 3.77. The molecule has 6 nitrogen and oxygen atoms in total. The molecule has 0 bridgehead atoms. The van der Waals surface area contributed by atoms with Gasteiger partial charge >= 0.3 is 0 Å². The normalized spacial score (nSPS) is 18.3. The molecule has 0 aliphatic carbocycles. The molecule has 1 atom stereocenters. The quantitative estimate of drug-likeness (QED) is 0.386. The van der Waals surface area contributed by atoms with E-state index in [2.05, 4.69) is 20.8 Å². The van der Waals surface area contributed by atoms with Crippen molar-refractivity contribution in [3.8, 4) is 5.75 Å². The van der Waals surface area contributed by atoms with Gasteiger partial charge in [0.05, 0.1) is 30.4 Å². The van der Waals surface area contributed by atoms with Crippen LogP contribution in [-0.4, -0.2) is 49.1 Å². The van der Waals surface area contributed by atoms with Gasteiger partial charge in [-0.25, -0.2) is 0 Å². The van der Waals surface area contributed by atoms with E-state index in [9.17, 15) is 14.7 Å². The van der Waals surface area contributed by atoms with Gasteiger partial charge in [-0.05, 0) is 34.7 Å². The molecule has 7 heteroatoms. The molecule has 1 N–H and O–H groups in total. The van der Waals surface area contributed by atoms with Crippen molar-refractivity contribution in [2.75, 3.05) is 27.4 Å². The summed E-state index contributed by atoms with van der Waals surface area (Å²) in [4.78, 5) is 27.4. The van der Waals surface area contributed by atoms with Crippen LogP contribution in [-0.2, 0) is 19.7 Å². The summed E-state index contributed by atoms with van der Waals surface area (Å²) >= 11 is 6.32. The number of amides is 1. The number of hydrogen-bond acceptors (Lipinski definition) is 5. The highest BCUT2D eigenvalue weighted by Gasteiger charge is 2.46. The first kappa shape index (κ1) is 23.8. The maximum absolute atomic E-state index is 13.0. The predicted molar refractivity (Wildman–Crippen MR) is 124 cm³/mol. The number of likely N-dealkylation sites (tertiary alicyclic amines) is 1. The van der Waals surface area contributed by atoms with Crippen LogP contribution in [0.5, 0.6) is 5.75 Å². The van der Waals surface area contributed by atoms with Crippen LogP contribution in [0.4, 0.5) is 0 Å². The second-order valence-corrected chi connectivity index (χ2v) is 9.11. The number of methoxy groups -OCH3 is 2. The van der Waals surface area contributed by atoms with Crippen molar-refractivity contribution >= 4 is 29.1 Å². The lowest BCUT2D eigenvalue weighted by atomic mass is 9.85. The third-order valence-electron chi connectivity index (χ3n) is 5.60. The minimum absolute atomic E-state index is 0.00948. The molecule has 1 unspecified atom stereocenters. The van der Waals surface area contributed by atoms with Crippen LogP contribution in [0.3, 0.4) is 0 Å². The Kier molecular flexibility index (Phi) is 6.96. The molecular weight excluding hydrogens is 430 g/mol. The molecule has 3 rings (SSSR count). The molecule has 1 amide bonds. The maximum Gasteiger partial charge on any atom is 0.295 e. The van der Waals surface area contributed by atoms with Gasteiger partial charge in [-0.3, -0.25) is 9.59 Å². The van der Waals surface area contributed by atoms with Gasteiger partial charge in [0.2, 0.25) is 0 Å². The van der Waals surface area contributed by atoms with E-state index in [1.54, 1.807) is 18.2 Å². The van der Waals surface area contributed by atoms with E-state index >= 15 is 0 Å². The third-order valence-corrected chi connectivity index (χ3v) is 5.93. The average Bonchev–Trinajstić information content (AvgIpc) is 3.01. The first-order chi connectivity index (χ1) is 15.1. The summed E-state index contributed by atoms with van der Waals surface area (Å²) in [6, 6.07) is 11.7. The monoisotopic (exact) mass is 457 g/mol. The SMILES string of the molecule is COCCN1C(=O)C(=O)/C(=C(/O)c2cc(OC)ccc2Cl)C1c1ccc(C(C)(C)C)cc1. The molecule has 1 saturated heterocycles. The Bertz CT molecular complexity index is 1050. The van der Waals surface area contributed by atoms with Gasteiger partial charge in [0, 0.05) is 19.2 Å². The summed E-state index contributed by atoms with van der Waals surface area (Å²) in [6.45, 7) is 6.78. The van der Waals surface area contributed by atoms with E-state index in [-0.39, 0.29) is 40.5 Å². The second kappa shape index (κ2) is 9.35. The molecule has 1 fully saturated rings. The molecule has 1 aliphatic heterocycles. The van der Waals surface area contributed by atoms with Gasteiger partial charge in [-0.1, -0.05) is 56.6 Å². The lowest BCUT2D eigenvalue weighted by molar-refractivity contribution is -0.140. The number of nitrogens with zero attached hydrogens (tertiary/aromatic N) is 1. The highest BCUT2D eigenvalue weighted by atomic mass is 35.5. The highest BCUT2D eigenvalue weighted by Crippen LogP contribution is 2.41. The van der Waals surface area contributed by atoms with Crippen molar-refractivity contribution in [3.05, 3.63) is 69.8 Å². The highest BCUT2D eigenvalue weighted by molar-refractivity contribution is 6.47. The molecule has 0 aromatic heterocycles. The van der Waals surface area contributed by atoms with Gasteiger partial charge in [0.1, 0.15) is 11.5 Å². The molecule has 32 heavy (non-hydrogen) atoms. The molecule has 0 radical (unpaired) electrons. The van der Waals surface area contributed by atoms with E-state index in [0.717, 1.165) is 5.56 Å². The topological polar surface area (TPSA) is 76.1 Å². The van der Waals surface area contributed by atoms with Crippen LogP contribution in [0, 0.1) is 0 Å². The Labute approximate surface area is 193 Å². The largest absolute Gasteiger partial charge is 0.507 e. The molecule has 2 aromatic carbocycles. The smallest absolute Gasteiger partial charge is 0.295 e. The van der Waals surface area contributed by atoms with Crippen LogP contribution >= 0.6 is 11.6 Å². The van der Waals surface area contributed by atoms with Crippen LogP contribution < -0.4 is 4.74 Å². The van der Waals surface area contributed by atoms with Gasteiger partial charge in [-0.15, -0.1) is 0 Å². The Balaban J connectivity index is 2.19. The third kappa shape index (κ3) is 4.52. The summed E-state index contributed by atoms with van der Waals surface area (Å²) in [7, 11) is 3.02. The van der Waals surface area contributed by atoms with Crippen molar-refractivity contribution in [3.63, 3.8) is 0 Å². The average molecular weight is 458 g/mol. The van der Waals surface area contributed by atoms with Gasteiger partial charge in [0.25, 0.3) is 11.7 Å². The summed E-state index contributed by atoms with van der Waals surface area (Å²) in [5.41, 5.74) is 2.00. The number of carbonyl (C=O) groups is 2. The number of ketones is 1. The number of Topliss-reactive ketones (excluding diaryl/α,β-unsaturated/α-hetero) is 1. The zero-order valence-electron chi connectivity index (χ0n) is 18.9. The summed E-state index contributed by atoms with van der Waals surface area (Å²) in [6.07, 6.45) is 0. The van der Waals surface area contributed by atoms with E-state index < -0.39 is 17.7 Å². The number of hydrogen-bond donors (Lipinski definition) is 1. The fourth-order valence-corrected chi connectivity index (χ4v) is 3.98. The zero-order chi connectivity index (χ0) is 23.6. The molecule has 0 spiro atoms. The Morgan fingerprint density at radius 2 is 1.75 bits per heavy atom. The first-order valence-electron chi connectivity index (χ1n) is 10.3. The van der Waals surface area contributed by atoms with Crippen molar-refractivity contribution < 1.29 is 24.2 Å². The number of carbonyl (C=O) groups excluding carboxylic acids is 2. The van der Waals surface area contributed by atoms with Crippen LogP contribution in [0.25, 0.3) is 5.76 Å². The number of benzene rings is 2. The Morgan fingerprint density at radius 1 is 1.09 bits per heavy atom. The Hall–Kier alpha value is -2.83. The number of ether oxygens (including phenoxy) is 2. The lowest BCUT2D eigenvalue weighted by Crippen LogP contribution is -2.32. The van der Waals surface area contributed by atoms with Gasteiger partial charge in [-0.2, -0.15) is 0 Å². The number of aliphatic hydroxyl groups is 1. The van der Waals surface area contributed by atoms with Crippen molar-refractivity contribution in [2.45, 2.75) is 32.2 Å². The van der Waals surface area contributed by atoms with Crippen LogP contribution in [0.2, 0.25) is 5.02 Å². The van der Waals surface area contributed by atoms with Crippen LogP contribution in [0.1, 0.15) is 43.5 Å². The molecule has 2 aromatic rings. The number of halogens is 1. The van der Waals surface area contributed by atoms with Crippen molar-refractivity contribution in [2.24, 2.45) is 0 Å². The molecule has 170 valence electrons. The zero-order valence-corrected chi connectivity index (χ0v) is 19.7. The lowest BCUT2D eigenvalue weighted by Gasteiger charge is -2.26. The van der Waals surface area contributed by atoms with Crippen molar-refractivity contribution in [1.29, 1.82) is 0 Å². The maximum atomic E-state index is 13.0. The summed E-state index contributed by atoms with van der Waals surface area (Å²) < 4.78 is 10.4. The van der Waals surface area contributed by atoms with Crippen molar-refractivity contribution in [1.82, 2.24) is 4.90 Å². The van der Waals surface area contributed by atoms with Crippen LogP contribution in [0.15, 0.2) is 48.0 Å². The molecule has 1 heterocycles. The van der Waals surface area contributed by atoms with Gasteiger partial charge < -0.3 is 19.5 Å². The van der Waals surface area contributed by atoms with E-state index in [0.29, 0.717) is 11.3 Å².